The predicted molar refractivity (Wildman–Crippen MR) is 110 cm³/mol. The molecule has 26 heavy (non-hydrogen) atoms. The Balaban J connectivity index is 1.71. The molecule has 0 spiro atoms. The third-order valence-electron chi connectivity index (χ3n) is 4.37. The summed E-state index contributed by atoms with van der Waals surface area (Å²) in [5.41, 5.74) is 6.96. The molecule has 0 unspecified atom stereocenters. The van der Waals surface area contributed by atoms with Gasteiger partial charge in [0.25, 0.3) is 0 Å². The van der Waals surface area contributed by atoms with Crippen LogP contribution in [-0.4, -0.2) is 26.1 Å². The molecule has 3 rings (SSSR count). The van der Waals surface area contributed by atoms with Gasteiger partial charge in [0.05, 0.1) is 7.11 Å². The minimum Gasteiger partial charge on any atom is -0.496 e. The minimum absolute atomic E-state index is 0.919. The first kappa shape index (κ1) is 18.0. The average molecular weight is 346 g/mol. The number of nitrogens with one attached hydrogen (secondary N) is 1. The van der Waals surface area contributed by atoms with Crippen LogP contribution < -0.4 is 10.1 Å². The van der Waals surface area contributed by atoms with E-state index in [-0.39, 0.29) is 0 Å². The highest BCUT2D eigenvalue weighted by atomic mass is 16.5. The summed E-state index contributed by atoms with van der Waals surface area (Å²) in [6.07, 6.45) is 0. The molecule has 3 nitrogen and oxygen atoms in total. The van der Waals surface area contributed by atoms with Crippen molar-refractivity contribution in [2.45, 2.75) is 13.5 Å². The molecular formula is C23H26N2O. The van der Waals surface area contributed by atoms with Gasteiger partial charge in [-0.25, -0.2) is 0 Å². The Hall–Kier alpha value is -2.78. The third kappa shape index (κ3) is 4.44. The second kappa shape index (κ2) is 8.07. The summed E-state index contributed by atoms with van der Waals surface area (Å²) < 4.78 is 5.43. The van der Waals surface area contributed by atoms with E-state index >= 15 is 0 Å². The number of hydrogen-bond acceptors (Lipinski definition) is 3. The van der Waals surface area contributed by atoms with Crippen molar-refractivity contribution < 1.29 is 4.74 Å². The standard InChI is InChI=1S/C23H26N2O/c1-17-5-8-20(15-23(17)26-4)19-9-13-22(14-10-19)24-21-11-6-18(7-12-21)16-25(2)3/h5-15,24H,16H2,1-4H3. The quantitative estimate of drug-likeness (QED) is 0.640. The summed E-state index contributed by atoms with van der Waals surface area (Å²) in [6.45, 7) is 3.01. The topological polar surface area (TPSA) is 24.5 Å². The lowest BCUT2D eigenvalue weighted by Crippen LogP contribution is -2.10. The molecule has 0 bridgehead atoms. The molecule has 0 heterocycles. The zero-order chi connectivity index (χ0) is 18.5. The highest BCUT2D eigenvalue weighted by molar-refractivity contribution is 5.70. The summed E-state index contributed by atoms with van der Waals surface area (Å²) in [5.74, 6) is 0.919. The Morgan fingerprint density at radius 1 is 0.808 bits per heavy atom. The van der Waals surface area contributed by atoms with Crippen molar-refractivity contribution in [3.05, 3.63) is 77.9 Å². The second-order valence-corrected chi connectivity index (χ2v) is 6.82. The molecule has 0 saturated carbocycles. The van der Waals surface area contributed by atoms with Gasteiger partial charge < -0.3 is 15.0 Å². The molecule has 0 aliphatic rings. The molecule has 1 N–H and O–H groups in total. The number of ether oxygens (including phenoxy) is 1. The molecule has 0 radical (unpaired) electrons. The molecule has 0 atom stereocenters. The molecule has 3 aromatic rings. The van der Waals surface area contributed by atoms with Crippen LogP contribution in [0.25, 0.3) is 11.1 Å². The first-order valence-electron chi connectivity index (χ1n) is 8.81. The summed E-state index contributed by atoms with van der Waals surface area (Å²) in [4.78, 5) is 2.17. The maximum Gasteiger partial charge on any atom is 0.122 e. The van der Waals surface area contributed by atoms with E-state index in [1.165, 1.54) is 11.1 Å². The molecule has 3 aromatic carbocycles. The normalized spacial score (nSPS) is 10.8. The van der Waals surface area contributed by atoms with E-state index in [0.717, 1.165) is 34.8 Å². The largest absolute Gasteiger partial charge is 0.496 e. The highest BCUT2D eigenvalue weighted by Crippen LogP contribution is 2.28. The van der Waals surface area contributed by atoms with Gasteiger partial charge in [0.15, 0.2) is 0 Å². The van der Waals surface area contributed by atoms with Gasteiger partial charge in [-0.3, -0.25) is 0 Å². The Bertz CT molecular complexity index is 852. The maximum atomic E-state index is 5.43. The monoisotopic (exact) mass is 346 g/mol. The Morgan fingerprint density at radius 2 is 1.38 bits per heavy atom. The van der Waals surface area contributed by atoms with Gasteiger partial charge >= 0.3 is 0 Å². The lowest BCUT2D eigenvalue weighted by atomic mass is 10.0. The average Bonchev–Trinajstić information content (AvgIpc) is 2.64. The van der Waals surface area contributed by atoms with Crippen LogP contribution in [0.2, 0.25) is 0 Å². The van der Waals surface area contributed by atoms with Crippen molar-refractivity contribution >= 4 is 11.4 Å². The molecular weight excluding hydrogens is 320 g/mol. The molecule has 0 fully saturated rings. The molecule has 0 amide bonds. The number of methoxy groups -OCH3 is 1. The fraction of sp³-hybridized carbons (Fsp3) is 0.217. The lowest BCUT2D eigenvalue weighted by molar-refractivity contribution is 0.402. The number of benzene rings is 3. The van der Waals surface area contributed by atoms with E-state index in [4.69, 9.17) is 4.74 Å². The van der Waals surface area contributed by atoms with Gasteiger partial charge in [0, 0.05) is 17.9 Å². The van der Waals surface area contributed by atoms with E-state index in [9.17, 15) is 0 Å². The van der Waals surface area contributed by atoms with Crippen LogP contribution in [0.4, 0.5) is 11.4 Å². The zero-order valence-electron chi connectivity index (χ0n) is 15.9. The van der Waals surface area contributed by atoms with Crippen molar-refractivity contribution in [1.29, 1.82) is 0 Å². The van der Waals surface area contributed by atoms with Crippen LogP contribution in [0.15, 0.2) is 66.7 Å². The molecule has 3 heteroatoms. The maximum absolute atomic E-state index is 5.43. The van der Waals surface area contributed by atoms with Crippen LogP contribution in [-0.2, 0) is 6.54 Å². The molecule has 0 aliphatic carbocycles. The number of hydrogen-bond donors (Lipinski definition) is 1. The Labute approximate surface area is 156 Å². The predicted octanol–water partition coefficient (Wildman–Crippen LogP) is 5.48. The summed E-state index contributed by atoms with van der Waals surface area (Å²) in [5, 5.41) is 3.46. The van der Waals surface area contributed by atoms with Gasteiger partial charge in [-0.2, -0.15) is 0 Å². The van der Waals surface area contributed by atoms with Gasteiger partial charge in [0.2, 0.25) is 0 Å². The first-order chi connectivity index (χ1) is 12.5. The van der Waals surface area contributed by atoms with Crippen molar-refractivity contribution in [1.82, 2.24) is 4.90 Å². The Morgan fingerprint density at radius 3 is 1.96 bits per heavy atom. The van der Waals surface area contributed by atoms with Crippen molar-refractivity contribution in [2.24, 2.45) is 0 Å². The fourth-order valence-electron chi connectivity index (χ4n) is 2.97. The van der Waals surface area contributed by atoms with Crippen LogP contribution >= 0.6 is 0 Å². The zero-order valence-corrected chi connectivity index (χ0v) is 15.9. The van der Waals surface area contributed by atoms with E-state index in [2.05, 4.69) is 98.0 Å². The molecule has 0 saturated heterocycles. The van der Waals surface area contributed by atoms with Gasteiger partial charge in [-0.05, 0) is 73.6 Å². The van der Waals surface area contributed by atoms with E-state index in [0.29, 0.717) is 0 Å². The SMILES string of the molecule is COc1cc(-c2ccc(Nc3ccc(CN(C)C)cc3)cc2)ccc1C. The molecule has 0 aromatic heterocycles. The first-order valence-corrected chi connectivity index (χ1v) is 8.81. The molecule has 134 valence electrons. The number of rotatable bonds is 6. The van der Waals surface area contributed by atoms with Crippen molar-refractivity contribution in [2.75, 3.05) is 26.5 Å². The third-order valence-corrected chi connectivity index (χ3v) is 4.37. The number of aryl methyl sites for hydroxylation is 1. The summed E-state index contributed by atoms with van der Waals surface area (Å²) in [6, 6.07) is 23.4. The van der Waals surface area contributed by atoms with Crippen LogP contribution in [0.3, 0.4) is 0 Å². The van der Waals surface area contributed by atoms with Crippen molar-refractivity contribution in [3.63, 3.8) is 0 Å². The van der Waals surface area contributed by atoms with Gasteiger partial charge in [-0.15, -0.1) is 0 Å². The van der Waals surface area contributed by atoms with Gasteiger partial charge in [0.1, 0.15) is 5.75 Å². The number of nitrogens with zero attached hydrogens (tertiary/aromatic N) is 1. The van der Waals surface area contributed by atoms with Crippen LogP contribution in [0.5, 0.6) is 5.75 Å². The van der Waals surface area contributed by atoms with E-state index in [1.807, 2.05) is 0 Å². The smallest absolute Gasteiger partial charge is 0.122 e. The summed E-state index contributed by atoms with van der Waals surface area (Å²) >= 11 is 0. The Kier molecular flexibility index (Phi) is 5.59. The lowest BCUT2D eigenvalue weighted by Gasteiger charge is -2.12. The highest BCUT2D eigenvalue weighted by Gasteiger charge is 2.03. The fourth-order valence-corrected chi connectivity index (χ4v) is 2.97. The summed E-state index contributed by atoms with van der Waals surface area (Å²) in [7, 11) is 5.87. The van der Waals surface area contributed by atoms with Gasteiger partial charge in [-0.1, -0.05) is 36.4 Å². The minimum atomic E-state index is 0.919. The second-order valence-electron chi connectivity index (χ2n) is 6.82. The van der Waals surface area contributed by atoms with E-state index in [1.54, 1.807) is 7.11 Å². The van der Waals surface area contributed by atoms with Crippen molar-refractivity contribution in [3.8, 4) is 16.9 Å². The molecule has 0 aliphatic heterocycles. The van der Waals surface area contributed by atoms with Crippen LogP contribution in [0, 0.1) is 6.92 Å². The van der Waals surface area contributed by atoms with Crippen LogP contribution in [0.1, 0.15) is 11.1 Å². The number of anilines is 2. The van der Waals surface area contributed by atoms with E-state index < -0.39 is 0 Å².